The highest BCUT2D eigenvalue weighted by atomic mass is 16.2. The summed E-state index contributed by atoms with van der Waals surface area (Å²) in [5.41, 5.74) is 2.08. The van der Waals surface area contributed by atoms with Gasteiger partial charge in [0.2, 0.25) is 5.91 Å². The van der Waals surface area contributed by atoms with Crippen LogP contribution in [-0.2, 0) is 9.59 Å². The van der Waals surface area contributed by atoms with Crippen molar-refractivity contribution in [1.82, 2.24) is 10.2 Å². The summed E-state index contributed by atoms with van der Waals surface area (Å²) in [5.74, 6) is -0.0648. The van der Waals surface area contributed by atoms with Gasteiger partial charge in [0, 0.05) is 5.69 Å². The van der Waals surface area contributed by atoms with Crippen LogP contribution in [0.5, 0.6) is 0 Å². The molecule has 1 aliphatic carbocycles. The third-order valence-electron chi connectivity index (χ3n) is 5.47. The summed E-state index contributed by atoms with van der Waals surface area (Å²) in [4.78, 5) is 38.3. The first-order chi connectivity index (χ1) is 11.8. The van der Waals surface area contributed by atoms with E-state index in [1.807, 2.05) is 32.0 Å². The van der Waals surface area contributed by atoms with Crippen LogP contribution in [0.1, 0.15) is 43.7 Å². The summed E-state index contributed by atoms with van der Waals surface area (Å²) >= 11 is 0. The Balaban J connectivity index is 1.66. The van der Waals surface area contributed by atoms with E-state index in [9.17, 15) is 14.4 Å². The number of urea groups is 1. The van der Waals surface area contributed by atoms with Gasteiger partial charge in [-0.05, 0) is 68.7 Å². The number of aryl methyl sites for hydroxylation is 2. The van der Waals surface area contributed by atoms with Crippen molar-refractivity contribution in [2.24, 2.45) is 5.92 Å². The van der Waals surface area contributed by atoms with Crippen LogP contribution in [0.25, 0.3) is 0 Å². The van der Waals surface area contributed by atoms with Crippen molar-refractivity contribution in [2.75, 3.05) is 11.9 Å². The van der Waals surface area contributed by atoms with Gasteiger partial charge in [0.05, 0.1) is 0 Å². The summed E-state index contributed by atoms with van der Waals surface area (Å²) in [7, 11) is 0. The first-order valence-electron chi connectivity index (χ1n) is 8.82. The second kappa shape index (κ2) is 6.50. The third kappa shape index (κ3) is 3.38. The Bertz CT molecular complexity index is 721. The van der Waals surface area contributed by atoms with Crippen molar-refractivity contribution in [3.63, 3.8) is 0 Å². The number of nitrogens with one attached hydrogen (secondary N) is 2. The van der Waals surface area contributed by atoms with Crippen molar-refractivity contribution >= 4 is 23.5 Å². The molecule has 6 nitrogen and oxygen atoms in total. The molecule has 1 saturated heterocycles. The van der Waals surface area contributed by atoms with Crippen molar-refractivity contribution in [3.05, 3.63) is 29.3 Å². The van der Waals surface area contributed by atoms with E-state index < -0.39 is 11.6 Å². The van der Waals surface area contributed by atoms with E-state index >= 15 is 0 Å². The zero-order valence-corrected chi connectivity index (χ0v) is 15.0. The van der Waals surface area contributed by atoms with Gasteiger partial charge in [-0.25, -0.2) is 4.79 Å². The average molecular weight is 343 g/mol. The second-order valence-electron chi connectivity index (χ2n) is 7.43. The topological polar surface area (TPSA) is 78.5 Å². The predicted octanol–water partition coefficient (Wildman–Crippen LogP) is 2.74. The van der Waals surface area contributed by atoms with Gasteiger partial charge in [0.15, 0.2) is 0 Å². The van der Waals surface area contributed by atoms with E-state index in [0.717, 1.165) is 28.9 Å². The molecule has 1 aromatic rings. The Kier molecular flexibility index (Phi) is 4.54. The van der Waals surface area contributed by atoms with Crippen molar-refractivity contribution in [2.45, 2.75) is 52.0 Å². The number of amides is 4. The number of hydrogen-bond acceptors (Lipinski definition) is 3. The standard InChI is InChI=1S/C19H25N3O3/c1-12-6-8-19(9-7-12)17(24)22(18(25)21-19)11-16(23)20-15-5-4-13(2)14(3)10-15/h4-5,10,12H,6-9,11H2,1-3H3,(H,20,23)(H,21,25). The lowest BCUT2D eigenvalue weighted by Gasteiger charge is -2.33. The van der Waals surface area contributed by atoms with Crippen LogP contribution in [-0.4, -0.2) is 34.8 Å². The van der Waals surface area contributed by atoms with Gasteiger partial charge in [-0.3, -0.25) is 14.5 Å². The van der Waals surface area contributed by atoms with Crippen molar-refractivity contribution in [1.29, 1.82) is 0 Å². The Hall–Kier alpha value is -2.37. The monoisotopic (exact) mass is 343 g/mol. The Morgan fingerprint density at radius 1 is 1.24 bits per heavy atom. The van der Waals surface area contributed by atoms with Crippen LogP contribution >= 0.6 is 0 Å². The van der Waals surface area contributed by atoms with Crippen LogP contribution in [0.2, 0.25) is 0 Å². The van der Waals surface area contributed by atoms with Crippen molar-refractivity contribution in [3.8, 4) is 0 Å². The fourth-order valence-electron chi connectivity index (χ4n) is 3.58. The quantitative estimate of drug-likeness (QED) is 0.828. The van der Waals surface area contributed by atoms with E-state index in [4.69, 9.17) is 0 Å². The third-order valence-corrected chi connectivity index (χ3v) is 5.47. The highest BCUT2D eigenvalue weighted by Gasteiger charge is 2.52. The van der Waals surface area contributed by atoms with Crippen LogP contribution in [0.4, 0.5) is 10.5 Å². The molecule has 0 bridgehead atoms. The fraction of sp³-hybridized carbons (Fsp3) is 0.526. The number of carbonyl (C=O) groups is 3. The molecule has 1 saturated carbocycles. The van der Waals surface area contributed by atoms with Crippen molar-refractivity contribution < 1.29 is 14.4 Å². The van der Waals surface area contributed by atoms with E-state index in [1.165, 1.54) is 0 Å². The van der Waals surface area contributed by atoms with Crippen LogP contribution < -0.4 is 10.6 Å². The molecule has 6 heteroatoms. The van der Waals surface area contributed by atoms with E-state index in [-0.39, 0.29) is 18.4 Å². The smallest absolute Gasteiger partial charge is 0.325 e. The maximum absolute atomic E-state index is 12.7. The minimum absolute atomic E-state index is 0.255. The zero-order chi connectivity index (χ0) is 18.2. The molecule has 134 valence electrons. The zero-order valence-electron chi connectivity index (χ0n) is 15.0. The number of benzene rings is 1. The Labute approximate surface area is 148 Å². The molecule has 2 aliphatic rings. The summed E-state index contributed by atoms with van der Waals surface area (Å²) in [6, 6.07) is 5.16. The maximum Gasteiger partial charge on any atom is 0.325 e. The molecule has 0 unspecified atom stereocenters. The molecule has 2 N–H and O–H groups in total. The average Bonchev–Trinajstić information content (AvgIpc) is 2.78. The van der Waals surface area contributed by atoms with Gasteiger partial charge in [0.25, 0.3) is 5.91 Å². The van der Waals surface area contributed by atoms with Gasteiger partial charge in [-0.2, -0.15) is 0 Å². The Morgan fingerprint density at radius 2 is 1.92 bits per heavy atom. The largest absolute Gasteiger partial charge is 0.325 e. The molecule has 3 rings (SSSR count). The normalized spacial score (nSPS) is 26.0. The van der Waals surface area contributed by atoms with E-state index in [0.29, 0.717) is 24.4 Å². The first-order valence-corrected chi connectivity index (χ1v) is 8.82. The van der Waals surface area contributed by atoms with Gasteiger partial charge < -0.3 is 10.6 Å². The summed E-state index contributed by atoms with van der Waals surface area (Å²) in [6.45, 7) is 5.87. The number of carbonyl (C=O) groups excluding carboxylic acids is 3. The first kappa shape index (κ1) is 17.5. The van der Waals surface area contributed by atoms with Crippen LogP contribution in [0, 0.1) is 19.8 Å². The maximum atomic E-state index is 12.7. The molecule has 1 heterocycles. The predicted molar refractivity (Wildman–Crippen MR) is 95.2 cm³/mol. The number of rotatable bonds is 3. The molecule has 1 aliphatic heterocycles. The number of hydrogen-bond donors (Lipinski definition) is 2. The number of anilines is 1. The van der Waals surface area contributed by atoms with Crippen LogP contribution in [0.3, 0.4) is 0 Å². The SMILES string of the molecule is Cc1ccc(NC(=O)CN2C(=O)NC3(CCC(C)CC3)C2=O)cc1C. The molecular formula is C19H25N3O3. The number of imide groups is 1. The van der Waals surface area contributed by atoms with Gasteiger partial charge in [-0.1, -0.05) is 13.0 Å². The summed E-state index contributed by atoms with van der Waals surface area (Å²) in [5, 5.41) is 5.60. The lowest BCUT2D eigenvalue weighted by Crippen LogP contribution is -2.49. The molecule has 0 atom stereocenters. The molecule has 1 aromatic carbocycles. The highest BCUT2D eigenvalue weighted by Crippen LogP contribution is 2.36. The lowest BCUT2D eigenvalue weighted by molar-refractivity contribution is -0.135. The Morgan fingerprint density at radius 3 is 2.56 bits per heavy atom. The minimum Gasteiger partial charge on any atom is -0.325 e. The summed E-state index contributed by atoms with van der Waals surface area (Å²) in [6.07, 6.45) is 3.12. The minimum atomic E-state index is -0.801. The molecule has 1 spiro atoms. The lowest BCUT2D eigenvalue weighted by atomic mass is 9.77. The number of nitrogens with zero attached hydrogens (tertiary/aromatic N) is 1. The summed E-state index contributed by atoms with van der Waals surface area (Å²) < 4.78 is 0. The van der Waals surface area contributed by atoms with E-state index in [2.05, 4.69) is 17.6 Å². The van der Waals surface area contributed by atoms with Gasteiger partial charge >= 0.3 is 6.03 Å². The van der Waals surface area contributed by atoms with Gasteiger partial charge in [0.1, 0.15) is 12.1 Å². The molecule has 0 radical (unpaired) electrons. The van der Waals surface area contributed by atoms with Gasteiger partial charge in [-0.15, -0.1) is 0 Å². The molecule has 0 aromatic heterocycles. The molecular weight excluding hydrogens is 318 g/mol. The molecule has 2 fully saturated rings. The molecule has 4 amide bonds. The van der Waals surface area contributed by atoms with Crippen LogP contribution in [0.15, 0.2) is 18.2 Å². The highest BCUT2D eigenvalue weighted by molar-refractivity contribution is 6.10. The fourth-order valence-corrected chi connectivity index (χ4v) is 3.58. The molecule has 25 heavy (non-hydrogen) atoms. The second-order valence-corrected chi connectivity index (χ2v) is 7.43. The van der Waals surface area contributed by atoms with E-state index in [1.54, 1.807) is 0 Å².